The van der Waals surface area contributed by atoms with Crippen LogP contribution < -0.4 is 5.73 Å². The molecule has 112 valence electrons. The Morgan fingerprint density at radius 3 is 2.30 bits per heavy atom. The minimum Gasteiger partial charge on any atom is -0.373 e. The fourth-order valence-corrected chi connectivity index (χ4v) is 3.20. The van der Waals surface area contributed by atoms with Crippen LogP contribution in [0.15, 0.2) is 30.3 Å². The second-order valence-corrected chi connectivity index (χ2v) is 6.83. The van der Waals surface area contributed by atoms with Crippen LogP contribution in [0.1, 0.15) is 39.3 Å². The maximum atomic E-state index is 6.50. The van der Waals surface area contributed by atoms with Crippen molar-refractivity contribution in [1.82, 2.24) is 4.90 Å². The van der Waals surface area contributed by atoms with Crippen molar-refractivity contribution in [2.24, 2.45) is 11.1 Å². The van der Waals surface area contributed by atoms with Gasteiger partial charge in [-0.3, -0.25) is 4.90 Å². The van der Waals surface area contributed by atoms with Gasteiger partial charge in [0.25, 0.3) is 0 Å². The Kier molecular flexibility index (Phi) is 4.84. The van der Waals surface area contributed by atoms with Crippen molar-refractivity contribution in [1.29, 1.82) is 0 Å². The number of nitrogens with zero attached hydrogens (tertiary/aromatic N) is 1. The summed E-state index contributed by atoms with van der Waals surface area (Å²) < 4.78 is 5.80. The largest absolute Gasteiger partial charge is 0.373 e. The van der Waals surface area contributed by atoms with E-state index in [1.165, 1.54) is 5.56 Å². The Hall–Kier alpha value is -0.900. The van der Waals surface area contributed by atoms with Crippen molar-refractivity contribution in [2.45, 2.75) is 45.9 Å². The van der Waals surface area contributed by atoms with E-state index in [9.17, 15) is 0 Å². The molecule has 0 aliphatic carbocycles. The zero-order chi connectivity index (χ0) is 14.8. The molecule has 2 N–H and O–H groups in total. The Balaban J connectivity index is 2.03. The molecule has 0 radical (unpaired) electrons. The number of hydrogen-bond donors (Lipinski definition) is 1. The summed E-state index contributed by atoms with van der Waals surface area (Å²) in [6.45, 7) is 11.8. The molecule has 20 heavy (non-hydrogen) atoms. The van der Waals surface area contributed by atoms with Crippen LogP contribution in [0.25, 0.3) is 0 Å². The number of morpholine rings is 1. The molecule has 0 saturated carbocycles. The average molecular weight is 276 g/mol. The highest BCUT2D eigenvalue weighted by Gasteiger charge is 2.32. The molecule has 1 aromatic carbocycles. The standard InChI is InChI=1S/C17H28N2O/c1-13-10-19(11-14(2)20-13)12-17(3,4)16(18)15-8-6-5-7-9-15/h5-9,13-14,16H,10-12,18H2,1-4H3/t13-,14+,16?. The van der Waals surface area contributed by atoms with E-state index < -0.39 is 0 Å². The molecule has 1 aliphatic heterocycles. The van der Waals surface area contributed by atoms with Crippen LogP contribution >= 0.6 is 0 Å². The smallest absolute Gasteiger partial charge is 0.0678 e. The van der Waals surface area contributed by atoms with Crippen molar-refractivity contribution < 1.29 is 4.74 Å². The predicted octanol–water partition coefficient (Wildman–Crippen LogP) is 2.82. The molecule has 0 amide bonds. The summed E-state index contributed by atoms with van der Waals surface area (Å²) in [5.41, 5.74) is 7.76. The molecule has 3 nitrogen and oxygen atoms in total. The first kappa shape index (κ1) is 15.5. The lowest BCUT2D eigenvalue weighted by Crippen LogP contribution is -2.50. The van der Waals surface area contributed by atoms with Crippen molar-refractivity contribution in [3.05, 3.63) is 35.9 Å². The fourth-order valence-electron chi connectivity index (χ4n) is 3.20. The predicted molar refractivity (Wildman–Crippen MR) is 83.6 cm³/mol. The lowest BCUT2D eigenvalue weighted by Gasteiger charge is -2.42. The summed E-state index contributed by atoms with van der Waals surface area (Å²) in [5, 5.41) is 0. The third-order valence-electron chi connectivity index (χ3n) is 4.13. The SMILES string of the molecule is C[C@@H]1CN(CC(C)(C)C(N)c2ccccc2)C[C@H](C)O1. The highest BCUT2D eigenvalue weighted by atomic mass is 16.5. The summed E-state index contributed by atoms with van der Waals surface area (Å²) in [7, 11) is 0. The average Bonchev–Trinajstić information content (AvgIpc) is 2.37. The van der Waals surface area contributed by atoms with Crippen LogP contribution in [0.4, 0.5) is 0 Å². The van der Waals surface area contributed by atoms with Crippen molar-refractivity contribution in [3.63, 3.8) is 0 Å². The molecule has 1 aliphatic rings. The molecule has 1 saturated heterocycles. The molecule has 1 heterocycles. The number of rotatable bonds is 4. The summed E-state index contributed by atoms with van der Waals surface area (Å²) in [5.74, 6) is 0. The van der Waals surface area contributed by atoms with Gasteiger partial charge in [-0.1, -0.05) is 44.2 Å². The Morgan fingerprint density at radius 2 is 1.75 bits per heavy atom. The lowest BCUT2D eigenvalue weighted by molar-refractivity contribution is -0.0771. The quantitative estimate of drug-likeness (QED) is 0.919. The van der Waals surface area contributed by atoms with E-state index in [1.807, 2.05) is 6.07 Å². The van der Waals surface area contributed by atoms with E-state index in [-0.39, 0.29) is 11.5 Å². The second kappa shape index (κ2) is 6.25. The minimum absolute atomic E-state index is 0.0398. The molecule has 1 unspecified atom stereocenters. The van der Waals surface area contributed by atoms with Crippen molar-refractivity contribution >= 4 is 0 Å². The first-order valence-corrected chi connectivity index (χ1v) is 7.57. The molecule has 1 fully saturated rings. The van der Waals surface area contributed by atoms with Crippen LogP contribution in [0.2, 0.25) is 0 Å². The Labute approximate surface area is 123 Å². The summed E-state index contributed by atoms with van der Waals surface area (Å²) in [4.78, 5) is 2.49. The van der Waals surface area contributed by atoms with E-state index >= 15 is 0 Å². The number of hydrogen-bond acceptors (Lipinski definition) is 3. The van der Waals surface area contributed by atoms with E-state index in [1.54, 1.807) is 0 Å². The van der Waals surface area contributed by atoms with Gasteiger partial charge in [0.1, 0.15) is 0 Å². The van der Waals surface area contributed by atoms with Gasteiger partial charge in [-0.25, -0.2) is 0 Å². The monoisotopic (exact) mass is 276 g/mol. The molecular formula is C17H28N2O. The molecule has 0 aromatic heterocycles. The van der Waals surface area contributed by atoms with Crippen LogP contribution in [-0.2, 0) is 4.74 Å². The first-order valence-electron chi connectivity index (χ1n) is 7.57. The Bertz CT molecular complexity index is 408. The molecular weight excluding hydrogens is 248 g/mol. The van der Waals surface area contributed by atoms with Gasteiger partial charge in [-0.2, -0.15) is 0 Å². The van der Waals surface area contributed by atoms with Gasteiger partial charge < -0.3 is 10.5 Å². The maximum absolute atomic E-state index is 6.50. The highest BCUT2D eigenvalue weighted by Crippen LogP contribution is 2.32. The molecule has 0 bridgehead atoms. The summed E-state index contributed by atoms with van der Waals surface area (Å²) >= 11 is 0. The lowest BCUT2D eigenvalue weighted by atomic mass is 9.80. The molecule has 3 heteroatoms. The second-order valence-electron chi connectivity index (χ2n) is 6.83. The topological polar surface area (TPSA) is 38.5 Å². The van der Waals surface area contributed by atoms with Gasteiger partial charge in [0.05, 0.1) is 12.2 Å². The molecule has 1 aromatic rings. The van der Waals surface area contributed by atoms with Crippen LogP contribution in [0.3, 0.4) is 0 Å². The maximum Gasteiger partial charge on any atom is 0.0678 e. The van der Waals surface area contributed by atoms with Gasteiger partial charge in [0.15, 0.2) is 0 Å². The van der Waals surface area contributed by atoms with Crippen molar-refractivity contribution in [2.75, 3.05) is 19.6 Å². The first-order chi connectivity index (χ1) is 9.38. The zero-order valence-corrected chi connectivity index (χ0v) is 13.2. The molecule has 0 spiro atoms. The number of ether oxygens (including phenoxy) is 1. The van der Waals surface area contributed by atoms with Crippen LogP contribution in [0, 0.1) is 5.41 Å². The van der Waals surface area contributed by atoms with E-state index in [4.69, 9.17) is 10.5 Å². The minimum atomic E-state index is 0.0398. The van der Waals surface area contributed by atoms with Gasteiger partial charge in [-0.05, 0) is 24.8 Å². The highest BCUT2D eigenvalue weighted by molar-refractivity contribution is 5.20. The summed E-state index contributed by atoms with van der Waals surface area (Å²) in [6.07, 6.45) is 0.616. The van der Waals surface area contributed by atoms with Gasteiger partial charge in [-0.15, -0.1) is 0 Å². The van der Waals surface area contributed by atoms with Gasteiger partial charge >= 0.3 is 0 Å². The number of nitrogens with two attached hydrogens (primary N) is 1. The van der Waals surface area contributed by atoms with Crippen LogP contribution in [0.5, 0.6) is 0 Å². The fraction of sp³-hybridized carbons (Fsp3) is 0.647. The van der Waals surface area contributed by atoms with E-state index in [2.05, 4.69) is 56.9 Å². The Morgan fingerprint density at radius 1 is 1.20 bits per heavy atom. The van der Waals surface area contributed by atoms with E-state index in [0.717, 1.165) is 19.6 Å². The number of benzene rings is 1. The normalized spacial score (nSPS) is 26.4. The van der Waals surface area contributed by atoms with Gasteiger partial charge in [0, 0.05) is 25.7 Å². The third-order valence-corrected chi connectivity index (χ3v) is 4.13. The van der Waals surface area contributed by atoms with Gasteiger partial charge in [0.2, 0.25) is 0 Å². The third kappa shape index (κ3) is 3.81. The van der Waals surface area contributed by atoms with Crippen LogP contribution in [-0.4, -0.2) is 36.7 Å². The summed E-state index contributed by atoms with van der Waals surface area (Å²) in [6, 6.07) is 10.5. The zero-order valence-electron chi connectivity index (χ0n) is 13.2. The van der Waals surface area contributed by atoms with E-state index in [0.29, 0.717) is 12.2 Å². The molecule has 2 rings (SSSR count). The molecule has 3 atom stereocenters. The van der Waals surface area contributed by atoms with Crippen molar-refractivity contribution in [3.8, 4) is 0 Å².